The van der Waals surface area contributed by atoms with Crippen LogP contribution in [0.1, 0.15) is 32.1 Å². The van der Waals surface area contributed by atoms with Crippen molar-refractivity contribution in [3.05, 3.63) is 0 Å². The van der Waals surface area contributed by atoms with Crippen LogP contribution in [0.5, 0.6) is 0 Å². The number of ether oxygens (including phenoxy) is 2. The molecule has 2 unspecified atom stereocenters. The Morgan fingerprint density at radius 2 is 1.58 bits per heavy atom. The molecule has 6 heteroatoms. The van der Waals surface area contributed by atoms with Crippen LogP contribution in [0.2, 0.25) is 0 Å². The minimum absolute atomic E-state index is 0. The number of rotatable bonds is 4. The van der Waals surface area contributed by atoms with Crippen molar-refractivity contribution in [3.63, 3.8) is 0 Å². The first-order valence-corrected chi connectivity index (χ1v) is 7.06. The molecule has 2 heterocycles. The molecule has 0 bridgehead atoms. The number of halogens is 1. The Hall–Kier alpha value is -0.0800. The third-order valence-electron chi connectivity index (χ3n) is 3.52. The van der Waals surface area contributed by atoms with E-state index in [4.69, 9.17) is 9.47 Å². The Labute approximate surface area is 132 Å². The first-order chi connectivity index (χ1) is 8.88. The molecule has 0 saturated carbocycles. The van der Waals surface area contributed by atoms with Crippen LogP contribution in [0.4, 0.5) is 0 Å². The monoisotopic (exact) mass is 383 g/mol. The largest absolute Gasteiger partial charge is 0.376 e. The number of hydrogen-bond acceptors (Lipinski definition) is 3. The van der Waals surface area contributed by atoms with Crippen molar-refractivity contribution in [3.8, 4) is 0 Å². The fourth-order valence-corrected chi connectivity index (χ4v) is 2.42. The van der Waals surface area contributed by atoms with Crippen molar-refractivity contribution in [1.82, 2.24) is 10.6 Å². The van der Waals surface area contributed by atoms with E-state index >= 15 is 0 Å². The number of guanidine groups is 1. The Morgan fingerprint density at radius 1 is 1.00 bits per heavy atom. The number of hydrogen-bond donors (Lipinski definition) is 2. The maximum Gasteiger partial charge on any atom is 0.191 e. The minimum atomic E-state index is 0. The first kappa shape index (κ1) is 17.0. The van der Waals surface area contributed by atoms with Crippen molar-refractivity contribution in [2.24, 2.45) is 4.99 Å². The van der Waals surface area contributed by atoms with Gasteiger partial charge in [-0.15, -0.1) is 24.0 Å². The number of nitrogens with one attached hydrogen (secondary N) is 2. The second-order valence-corrected chi connectivity index (χ2v) is 4.96. The van der Waals surface area contributed by atoms with E-state index in [-0.39, 0.29) is 24.0 Å². The fraction of sp³-hybridized carbons (Fsp3) is 0.923. The van der Waals surface area contributed by atoms with E-state index < -0.39 is 0 Å². The van der Waals surface area contributed by atoms with E-state index in [0.717, 1.165) is 45.1 Å². The zero-order valence-corrected chi connectivity index (χ0v) is 14.0. The van der Waals surface area contributed by atoms with Gasteiger partial charge >= 0.3 is 0 Å². The summed E-state index contributed by atoms with van der Waals surface area (Å²) in [7, 11) is 1.80. The summed E-state index contributed by atoms with van der Waals surface area (Å²) < 4.78 is 11.3. The van der Waals surface area contributed by atoms with Crippen LogP contribution in [0.15, 0.2) is 4.99 Å². The molecule has 0 aromatic rings. The van der Waals surface area contributed by atoms with Crippen LogP contribution in [0.25, 0.3) is 0 Å². The molecule has 0 amide bonds. The highest BCUT2D eigenvalue weighted by Crippen LogP contribution is 2.12. The van der Waals surface area contributed by atoms with Gasteiger partial charge in [0.15, 0.2) is 5.96 Å². The van der Waals surface area contributed by atoms with Gasteiger partial charge < -0.3 is 20.1 Å². The molecule has 2 saturated heterocycles. The second kappa shape index (κ2) is 9.77. The molecule has 0 aromatic heterocycles. The standard InChI is InChI=1S/C13H25N3O2.HI/c1-14-13(16-10-12-6-4-8-18-12)15-9-11-5-2-3-7-17-11;/h11-12H,2-10H2,1H3,(H2,14,15,16);1H. The van der Waals surface area contributed by atoms with Crippen LogP contribution in [0, 0.1) is 0 Å². The SMILES string of the molecule is CN=C(NCC1CCCCO1)NCC1CCCO1.I. The lowest BCUT2D eigenvalue weighted by molar-refractivity contribution is 0.0194. The molecule has 112 valence electrons. The Bertz CT molecular complexity index is 265. The summed E-state index contributed by atoms with van der Waals surface area (Å²) in [6.45, 7) is 3.47. The molecule has 2 atom stereocenters. The summed E-state index contributed by atoms with van der Waals surface area (Å²) in [5.41, 5.74) is 0. The molecule has 5 nitrogen and oxygen atoms in total. The van der Waals surface area contributed by atoms with Gasteiger partial charge in [-0.3, -0.25) is 4.99 Å². The lowest BCUT2D eigenvalue weighted by atomic mass is 10.1. The summed E-state index contributed by atoms with van der Waals surface area (Å²) in [6.07, 6.45) is 6.62. The molecule has 2 aliphatic heterocycles. The van der Waals surface area contributed by atoms with E-state index in [1.54, 1.807) is 7.05 Å². The molecule has 2 aliphatic rings. The van der Waals surface area contributed by atoms with Gasteiger partial charge in [0.1, 0.15) is 0 Å². The number of aliphatic imine (C=N–C) groups is 1. The van der Waals surface area contributed by atoms with Crippen LogP contribution in [-0.2, 0) is 9.47 Å². The predicted octanol–water partition coefficient (Wildman–Crippen LogP) is 1.52. The van der Waals surface area contributed by atoms with E-state index in [0.29, 0.717) is 12.2 Å². The third kappa shape index (κ3) is 6.27. The van der Waals surface area contributed by atoms with Crippen molar-refractivity contribution < 1.29 is 9.47 Å². The Kier molecular flexibility index (Phi) is 8.72. The van der Waals surface area contributed by atoms with Crippen LogP contribution >= 0.6 is 24.0 Å². The quantitative estimate of drug-likeness (QED) is 0.439. The Balaban J connectivity index is 0.00000180. The molecule has 19 heavy (non-hydrogen) atoms. The highest BCUT2D eigenvalue weighted by atomic mass is 127. The van der Waals surface area contributed by atoms with E-state index in [2.05, 4.69) is 15.6 Å². The summed E-state index contributed by atoms with van der Waals surface area (Å²) in [5, 5.41) is 6.63. The van der Waals surface area contributed by atoms with Crippen molar-refractivity contribution in [2.75, 3.05) is 33.4 Å². The average Bonchev–Trinajstić information content (AvgIpc) is 2.93. The average molecular weight is 383 g/mol. The predicted molar refractivity (Wildman–Crippen MR) is 87.3 cm³/mol. The van der Waals surface area contributed by atoms with Gasteiger partial charge in [0.05, 0.1) is 12.2 Å². The van der Waals surface area contributed by atoms with Crippen LogP contribution in [0.3, 0.4) is 0 Å². The van der Waals surface area contributed by atoms with Gasteiger partial charge in [0.25, 0.3) is 0 Å². The zero-order valence-electron chi connectivity index (χ0n) is 11.7. The fourth-order valence-electron chi connectivity index (χ4n) is 2.42. The maximum absolute atomic E-state index is 5.68. The highest BCUT2D eigenvalue weighted by molar-refractivity contribution is 14.0. The zero-order chi connectivity index (χ0) is 12.6. The van der Waals surface area contributed by atoms with Gasteiger partial charge in [0, 0.05) is 33.4 Å². The summed E-state index contributed by atoms with van der Waals surface area (Å²) in [6, 6.07) is 0. The Morgan fingerprint density at radius 3 is 2.05 bits per heavy atom. The van der Waals surface area contributed by atoms with E-state index in [1.165, 1.54) is 19.3 Å². The topological polar surface area (TPSA) is 54.9 Å². The van der Waals surface area contributed by atoms with Gasteiger partial charge in [-0.2, -0.15) is 0 Å². The lowest BCUT2D eigenvalue weighted by Crippen LogP contribution is -2.44. The van der Waals surface area contributed by atoms with Gasteiger partial charge in [-0.05, 0) is 32.1 Å². The molecule has 0 aromatic carbocycles. The summed E-state index contributed by atoms with van der Waals surface area (Å²) in [5.74, 6) is 0.847. The van der Waals surface area contributed by atoms with Crippen molar-refractivity contribution in [2.45, 2.75) is 44.3 Å². The minimum Gasteiger partial charge on any atom is -0.376 e. The molecule has 0 radical (unpaired) electrons. The van der Waals surface area contributed by atoms with E-state index in [1.807, 2.05) is 0 Å². The third-order valence-corrected chi connectivity index (χ3v) is 3.52. The van der Waals surface area contributed by atoms with Crippen LogP contribution < -0.4 is 10.6 Å². The molecule has 0 spiro atoms. The first-order valence-electron chi connectivity index (χ1n) is 7.06. The molecular weight excluding hydrogens is 357 g/mol. The molecule has 0 aliphatic carbocycles. The normalized spacial score (nSPS) is 27.7. The van der Waals surface area contributed by atoms with Crippen molar-refractivity contribution in [1.29, 1.82) is 0 Å². The van der Waals surface area contributed by atoms with Crippen LogP contribution in [-0.4, -0.2) is 51.5 Å². The maximum atomic E-state index is 5.68. The smallest absolute Gasteiger partial charge is 0.191 e. The molecule has 2 rings (SSSR count). The lowest BCUT2D eigenvalue weighted by Gasteiger charge is -2.24. The second-order valence-electron chi connectivity index (χ2n) is 4.96. The highest BCUT2D eigenvalue weighted by Gasteiger charge is 2.17. The summed E-state index contributed by atoms with van der Waals surface area (Å²) in [4.78, 5) is 4.22. The van der Waals surface area contributed by atoms with Gasteiger partial charge in [0.2, 0.25) is 0 Å². The molecule has 2 N–H and O–H groups in total. The number of nitrogens with zero attached hydrogens (tertiary/aromatic N) is 1. The summed E-state index contributed by atoms with van der Waals surface area (Å²) >= 11 is 0. The van der Waals surface area contributed by atoms with Crippen molar-refractivity contribution >= 4 is 29.9 Å². The van der Waals surface area contributed by atoms with E-state index in [9.17, 15) is 0 Å². The molecule has 2 fully saturated rings. The van der Waals surface area contributed by atoms with Gasteiger partial charge in [-0.1, -0.05) is 0 Å². The molecular formula is C13H26IN3O2. The van der Waals surface area contributed by atoms with Gasteiger partial charge in [-0.25, -0.2) is 0 Å².